The zero-order valence-corrected chi connectivity index (χ0v) is 13.2. The summed E-state index contributed by atoms with van der Waals surface area (Å²) < 4.78 is 0. The lowest BCUT2D eigenvalue weighted by atomic mass is 9.78. The number of amides is 2. The van der Waals surface area contributed by atoms with E-state index in [2.05, 4.69) is 13.8 Å². The van der Waals surface area contributed by atoms with Crippen LogP contribution in [-0.2, 0) is 4.79 Å². The summed E-state index contributed by atoms with van der Waals surface area (Å²) in [5, 5.41) is 9.46. The quantitative estimate of drug-likeness (QED) is 0.844. The lowest BCUT2D eigenvalue weighted by Gasteiger charge is -2.41. The molecule has 2 atom stereocenters. The Morgan fingerprint density at radius 2 is 2.05 bits per heavy atom. The van der Waals surface area contributed by atoms with E-state index in [1.165, 1.54) is 0 Å². The summed E-state index contributed by atoms with van der Waals surface area (Å²) in [6, 6.07) is -0.0379. The maximum Gasteiger partial charge on any atom is 0.319 e. The monoisotopic (exact) mass is 284 g/mol. The number of carboxylic acid groups (broad SMARTS) is 1. The Morgan fingerprint density at radius 3 is 2.55 bits per heavy atom. The second-order valence-electron chi connectivity index (χ2n) is 6.14. The number of carbonyl (C=O) groups excluding carboxylic acids is 1. The third-order valence-electron chi connectivity index (χ3n) is 4.59. The van der Waals surface area contributed by atoms with Crippen molar-refractivity contribution in [2.24, 2.45) is 11.3 Å². The number of hydrogen-bond acceptors (Lipinski definition) is 2. The van der Waals surface area contributed by atoms with E-state index in [0.717, 1.165) is 19.4 Å². The van der Waals surface area contributed by atoms with Crippen LogP contribution in [0.5, 0.6) is 0 Å². The number of nitrogens with zero attached hydrogens (tertiary/aromatic N) is 2. The Hall–Kier alpha value is -1.26. The smallest absolute Gasteiger partial charge is 0.319 e. The Morgan fingerprint density at radius 1 is 1.40 bits per heavy atom. The molecule has 0 saturated carbocycles. The van der Waals surface area contributed by atoms with Crippen molar-refractivity contribution < 1.29 is 14.7 Å². The average Bonchev–Trinajstić information content (AvgIpc) is 2.45. The molecule has 0 aromatic heterocycles. The van der Waals surface area contributed by atoms with Crippen LogP contribution in [0.25, 0.3) is 0 Å². The van der Waals surface area contributed by atoms with Crippen molar-refractivity contribution in [3.63, 3.8) is 0 Å². The van der Waals surface area contributed by atoms with E-state index >= 15 is 0 Å². The molecule has 0 spiro atoms. The number of aliphatic carboxylic acids is 1. The van der Waals surface area contributed by atoms with Crippen LogP contribution in [0.15, 0.2) is 0 Å². The fourth-order valence-corrected chi connectivity index (χ4v) is 2.83. The summed E-state index contributed by atoms with van der Waals surface area (Å²) in [5.41, 5.74) is -0.759. The number of piperidine rings is 1. The second-order valence-corrected chi connectivity index (χ2v) is 6.14. The molecule has 2 amide bonds. The van der Waals surface area contributed by atoms with Gasteiger partial charge in [0.1, 0.15) is 0 Å². The lowest BCUT2D eigenvalue weighted by Crippen LogP contribution is -2.53. The fraction of sp³-hybridized carbons (Fsp3) is 0.867. The van der Waals surface area contributed by atoms with E-state index in [1.54, 1.807) is 16.8 Å². The second kappa shape index (κ2) is 6.95. The molecule has 2 unspecified atom stereocenters. The zero-order chi connectivity index (χ0) is 15.3. The summed E-state index contributed by atoms with van der Waals surface area (Å²) in [4.78, 5) is 27.4. The molecule has 1 aliphatic heterocycles. The summed E-state index contributed by atoms with van der Waals surface area (Å²) >= 11 is 0. The predicted molar refractivity (Wildman–Crippen MR) is 78.6 cm³/mol. The van der Waals surface area contributed by atoms with Gasteiger partial charge in [0.2, 0.25) is 0 Å². The Kier molecular flexibility index (Phi) is 5.84. The van der Waals surface area contributed by atoms with E-state index in [0.29, 0.717) is 31.8 Å². The number of urea groups is 1. The predicted octanol–water partition coefficient (Wildman–Crippen LogP) is 2.66. The minimum absolute atomic E-state index is 0.0379. The van der Waals surface area contributed by atoms with E-state index in [9.17, 15) is 14.7 Å². The molecule has 1 N–H and O–H groups in total. The summed E-state index contributed by atoms with van der Waals surface area (Å²) in [5.74, 6) is -0.314. The number of carbonyl (C=O) groups is 2. The minimum atomic E-state index is -0.776. The van der Waals surface area contributed by atoms with Gasteiger partial charge in [-0.05, 0) is 25.2 Å². The Labute approximate surface area is 121 Å². The van der Waals surface area contributed by atoms with Crippen LogP contribution in [0.2, 0.25) is 0 Å². The summed E-state index contributed by atoms with van der Waals surface area (Å²) in [6.45, 7) is 7.84. The maximum atomic E-state index is 12.4. The van der Waals surface area contributed by atoms with Gasteiger partial charge in [0.05, 0.1) is 5.41 Å². The molecule has 0 bridgehead atoms. The number of hydrogen-bond donors (Lipinski definition) is 1. The lowest BCUT2D eigenvalue weighted by molar-refractivity contribution is -0.152. The summed E-state index contributed by atoms with van der Waals surface area (Å²) in [6.07, 6.45) is 3.04. The van der Waals surface area contributed by atoms with Gasteiger partial charge in [0.15, 0.2) is 0 Å². The molecule has 5 nitrogen and oxygen atoms in total. The van der Waals surface area contributed by atoms with Crippen LogP contribution in [0.4, 0.5) is 4.79 Å². The molecule has 20 heavy (non-hydrogen) atoms. The van der Waals surface area contributed by atoms with Gasteiger partial charge in [-0.15, -0.1) is 0 Å². The van der Waals surface area contributed by atoms with Crippen molar-refractivity contribution >= 4 is 12.0 Å². The molecular formula is C15H28N2O3. The van der Waals surface area contributed by atoms with E-state index in [-0.39, 0.29) is 6.03 Å². The fourth-order valence-electron chi connectivity index (χ4n) is 2.83. The van der Waals surface area contributed by atoms with Crippen molar-refractivity contribution in [1.82, 2.24) is 9.80 Å². The van der Waals surface area contributed by atoms with Gasteiger partial charge in [0, 0.05) is 26.7 Å². The van der Waals surface area contributed by atoms with Crippen LogP contribution in [0, 0.1) is 11.3 Å². The molecule has 0 aromatic rings. The van der Waals surface area contributed by atoms with Crippen LogP contribution in [0.3, 0.4) is 0 Å². The van der Waals surface area contributed by atoms with Crippen LogP contribution in [0.1, 0.15) is 46.5 Å². The maximum absolute atomic E-state index is 12.4. The molecule has 116 valence electrons. The first-order valence-corrected chi connectivity index (χ1v) is 7.59. The molecule has 1 heterocycles. The van der Waals surface area contributed by atoms with Crippen molar-refractivity contribution in [3.8, 4) is 0 Å². The van der Waals surface area contributed by atoms with Crippen LogP contribution in [-0.4, -0.2) is 53.6 Å². The van der Waals surface area contributed by atoms with E-state index < -0.39 is 11.4 Å². The van der Waals surface area contributed by atoms with Crippen molar-refractivity contribution in [1.29, 1.82) is 0 Å². The van der Waals surface area contributed by atoms with E-state index in [1.807, 2.05) is 6.92 Å². The topological polar surface area (TPSA) is 60.9 Å². The minimum Gasteiger partial charge on any atom is -0.481 e. The summed E-state index contributed by atoms with van der Waals surface area (Å²) in [7, 11) is 1.80. The van der Waals surface area contributed by atoms with Crippen molar-refractivity contribution in [2.45, 2.75) is 46.5 Å². The molecule has 0 aromatic carbocycles. The first-order chi connectivity index (χ1) is 9.36. The van der Waals surface area contributed by atoms with Gasteiger partial charge in [-0.1, -0.05) is 27.2 Å². The number of rotatable bonds is 5. The standard InChI is InChI=1S/C15H28N2O3/c1-5-12(3)10-16(4)14(20)17-9-7-8-15(6-2,11-17)13(18)19/h12H,5-11H2,1-4H3,(H,18,19). The molecule has 1 rings (SSSR count). The van der Waals surface area contributed by atoms with Gasteiger partial charge in [-0.3, -0.25) is 4.79 Å². The van der Waals surface area contributed by atoms with Crippen molar-refractivity contribution in [2.75, 3.05) is 26.7 Å². The molecule has 0 radical (unpaired) electrons. The first kappa shape index (κ1) is 16.8. The molecule has 5 heteroatoms. The third kappa shape index (κ3) is 3.64. The molecule has 1 saturated heterocycles. The highest BCUT2D eigenvalue weighted by Crippen LogP contribution is 2.34. The van der Waals surface area contributed by atoms with Gasteiger partial charge in [-0.2, -0.15) is 0 Å². The largest absolute Gasteiger partial charge is 0.481 e. The number of carboxylic acids is 1. The van der Waals surface area contributed by atoms with E-state index in [4.69, 9.17) is 0 Å². The normalized spacial score (nSPS) is 24.3. The Balaban J connectivity index is 2.71. The van der Waals surface area contributed by atoms with Gasteiger partial charge in [-0.25, -0.2) is 4.79 Å². The van der Waals surface area contributed by atoms with Crippen molar-refractivity contribution in [3.05, 3.63) is 0 Å². The Bertz CT molecular complexity index is 359. The molecular weight excluding hydrogens is 256 g/mol. The highest BCUT2D eigenvalue weighted by molar-refractivity contribution is 5.78. The third-order valence-corrected chi connectivity index (χ3v) is 4.59. The highest BCUT2D eigenvalue weighted by Gasteiger charge is 2.42. The van der Waals surface area contributed by atoms with Gasteiger partial charge in [0.25, 0.3) is 0 Å². The highest BCUT2D eigenvalue weighted by atomic mass is 16.4. The number of likely N-dealkylation sites (tertiary alicyclic amines) is 1. The molecule has 0 aliphatic carbocycles. The first-order valence-electron chi connectivity index (χ1n) is 7.59. The van der Waals surface area contributed by atoms with Crippen LogP contribution < -0.4 is 0 Å². The molecule has 1 aliphatic rings. The molecule has 1 fully saturated rings. The van der Waals surface area contributed by atoms with Gasteiger partial charge < -0.3 is 14.9 Å². The zero-order valence-electron chi connectivity index (χ0n) is 13.2. The van der Waals surface area contributed by atoms with Gasteiger partial charge >= 0.3 is 12.0 Å². The average molecular weight is 284 g/mol. The SMILES string of the molecule is CCC(C)CN(C)C(=O)N1CCCC(CC)(C(=O)O)C1. The van der Waals surface area contributed by atoms with Crippen LogP contribution >= 0.6 is 0 Å².